The number of benzene rings is 1. The molecule has 1 aromatic rings. The van der Waals surface area contributed by atoms with Gasteiger partial charge in [0.15, 0.2) is 0 Å². The highest BCUT2D eigenvalue weighted by atomic mass is 32.2. The smallest absolute Gasteiger partial charge is 0.338 e. The van der Waals surface area contributed by atoms with E-state index >= 15 is 0 Å². The monoisotopic (exact) mass is 405 g/mol. The number of hydrogen-bond donors (Lipinski definition) is 3. The Bertz CT molecular complexity index is 756. The molecule has 0 aliphatic carbocycles. The highest BCUT2D eigenvalue weighted by molar-refractivity contribution is 7.98. The summed E-state index contributed by atoms with van der Waals surface area (Å²) in [4.78, 5) is 34.9. The second-order valence-corrected chi connectivity index (χ2v) is 6.60. The number of carbonyl (C=O) groups is 3. The lowest BCUT2D eigenvalue weighted by Gasteiger charge is -2.13. The molecule has 28 heavy (non-hydrogen) atoms. The molecule has 0 fully saturated rings. The molecule has 0 aliphatic rings. The van der Waals surface area contributed by atoms with Crippen molar-refractivity contribution in [1.29, 1.82) is 5.26 Å². The van der Waals surface area contributed by atoms with Crippen molar-refractivity contribution < 1.29 is 24.2 Å². The summed E-state index contributed by atoms with van der Waals surface area (Å²) in [6.45, 7) is 2.34. The van der Waals surface area contributed by atoms with Crippen molar-refractivity contribution in [3.05, 3.63) is 47.2 Å². The molecular formula is C19H23N3O5S. The van der Waals surface area contributed by atoms with Crippen LogP contribution in [-0.4, -0.2) is 47.6 Å². The predicted octanol–water partition coefficient (Wildman–Crippen LogP) is 1.68. The van der Waals surface area contributed by atoms with E-state index in [4.69, 9.17) is 15.1 Å². The predicted molar refractivity (Wildman–Crippen MR) is 105 cm³/mol. The van der Waals surface area contributed by atoms with Gasteiger partial charge in [-0.25, -0.2) is 9.59 Å². The van der Waals surface area contributed by atoms with Gasteiger partial charge in [-0.3, -0.25) is 4.79 Å². The first-order chi connectivity index (χ1) is 13.4. The lowest BCUT2D eigenvalue weighted by molar-refractivity contribution is -0.141. The zero-order valence-corrected chi connectivity index (χ0v) is 16.5. The molecule has 0 saturated carbocycles. The van der Waals surface area contributed by atoms with Gasteiger partial charge < -0.3 is 20.5 Å². The van der Waals surface area contributed by atoms with Crippen LogP contribution in [0.15, 0.2) is 36.0 Å². The Morgan fingerprint density at radius 2 is 2.00 bits per heavy atom. The van der Waals surface area contributed by atoms with Crippen molar-refractivity contribution in [3.63, 3.8) is 0 Å². The minimum atomic E-state index is -1.14. The number of hydrogen-bond acceptors (Lipinski definition) is 7. The van der Waals surface area contributed by atoms with Gasteiger partial charge in [-0.2, -0.15) is 17.0 Å². The van der Waals surface area contributed by atoms with E-state index in [1.54, 1.807) is 37.3 Å². The van der Waals surface area contributed by atoms with Crippen LogP contribution in [0, 0.1) is 11.3 Å². The van der Waals surface area contributed by atoms with Crippen LogP contribution in [0.5, 0.6) is 0 Å². The quantitative estimate of drug-likeness (QED) is 0.288. The van der Waals surface area contributed by atoms with Gasteiger partial charge in [0.05, 0.1) is 12.2 Å². The van der Waals surface area contributed by atoms with E-state index in [1.165, 1.54) is 18.0 Å². The first kappa shape index (κ1) is 23.0. The first-order valence-electron chi connectivity index (χ1n) is 8.55. The molecule has 0 heterocycles. The maximum Gasteiger partial charge on any atom is 0.338 e. The third kappa shape index (κ3) is 7.72. The summed E-state index contributed by atoms with van der Waals surface area (Å²) in [5.41, 5.74) is 1.03. The van der Waals surface area contributed by atoms with Crippen LogP contribution in [-0.2, 0) is 20.9 Å². The van der Waals surface area contributed by atoms with Crippen molar-refractivity contribution in [2.45, 2.75) is 25.9 Å². The summed E-state index contributed by atoms with van der Waals surface area (Å²) in [6.07, 6.45) is 3.34. The number of nitrogens with zero attached hydrogens (tertiary/aromatic N) is 1. The van der Waals surface area contributed by atoms with Crippen LogP contribution in [0.3, 0.4) is 0 Å². The summed E-state index contributed by atoms with van der Waals surface area (Å²) in [6, 6.07) is 7.40. The molecule has 8 nitrogen and oxygen atoms in total. The van der Waals surface area contributed by atoms with Crippen molar-refractivity contribution in [2.75, 3.05) is 18.6 Å². The number of aliphatic carboxylic acids is 1. The summed E-state index contributed by atoms with van der Waals surface area (Å²) in [5.74, 6) is -1.72. The van der Waals surface area contributed by atoms with Gasteiger partial charge in [-0.15, -0.1) is 0 Å². The largest absolute Gasteiger partial charge is 0.480 e. The third-order valence-electron chi connectivity index (χ3n) is 3.60. The van der Waals surface area contributed by atoms with Crippen LogP contribution in [0.2, 0.25) is 0 Å². The number of carboxylic acids is 1. The Labute approximate surface area is 167 Å². The number of nitriles is 1. The minimum Gasteiger partial charge on any atom is -0.480 e. The number of rotatable bonds is 11. The topological polar surface area (TPSA) is 129 Å². The normalized spacial score (nSPS) is 11.8. The maximum atomic E-state index is 12.1. The lowest BCUT2D eigenvalue weighted by atomic mass is 10.1. The molecular weight excluding hydrogens is 382 g/mol. The fraction of sp³-hybridized carbons (Fsp3) is 0.368. The number of carbonyl (C=O) groups excluding carboxylic acids is 2. The molecule has 3 N–H and O–H groups in total. The molecule has 0 bridgehead atoms. The van der Waals surface area contributed by atoms with Crippen LogP contribution >= 0.6 is 11.8 Å². The van der Waals surface area contributed by atoms with Gasteiger partial charge in [-0.05, 0) is 43.0 Å². The second kappa shape index (κ2) is 12.4. The lowest BCUT2D eigenvalue weighted by Crippen LogP contribution is -2.41. The SMILES string of the molecule is CCOC(=O)c1ccc(CN/C=C(/C#N)C(=O)NC(CCSC)C(=O)O)cc1. The van der Waals surface area contributed by atoms with Crippen molar-refractivity contribution >= 4 is 29.6 Å². The highest BCUT2D eigenvalue weighted by Crippen LogP contribution is 2.07. The molecule has 1 rings (SSSR count). The van der Waals surface area contributed by atoms with Gasteiger partial charge >= 0.3 is 11.9 Å². The molecule has 0 saturated heterocycles. The molecule has 150 valence electrons. The zero-order valence-electron chi connectivity index (χ0n) is 15.7. The Morgan fingerprint density at radius 1 is 1.32 bits per heavy atom. The average molecular weight is 405 g/mol. The van der Waals surface area contributed by atoms with Gasteiger partial charge in [0.25, 0.3) is 5.91 Å². The fourth-order valence-corrected chi connectivity index (χ4v) is 2.59. The number of amides is 1. The van der Waals surface area contributed by atoms with Crippen LogP contribution in [0.1, 0.15) is 29.3 Å². The van der Waals surface area contributed by atoms with E-state index in [1.807, 2.05) is 6.26 Å². The Morgan fingerprint density at radius 3 is 2.54 bits per heavy atom. The van der Waals surface area contributed by atoms with Crippen LogP contribution in [0.25, 0.3) is 0 Å². The molecule has 0 aromatic heterocycles. The molecule has 1 atom stereocenters. The number of thioether (sulfide) groups is 1. The van der Waals surface area contributed by atoms with E-state index in [2.05, 4.69) is 10.6 Å². The molecule has 0 radical (unpaired) electrons. The number of nitrogens with one attached hydrogen (secondary N) is 2. The minimum absolute atomic E-state index is 0.224. The molecule has 9 heteroatoms. The molecule has 1 unspecified atom stereocenters. The second-order valence-electron chi connectivity index (χ2n) is 5.61. The molecule has 0 aliphatic heterocycles. The first-order valence-corrected chi connectivity index (χ1v) is 9.94. The number of esters is 1. The van der Waals surface area contributed by atoms with Gasteiger partial charge in [0, 0.05) is 12.7 Å². The Balaban J connectivity index is 2.65. The van der Waals surface area contributed by atoms with Gasteiger partial charge in [-0.1, -0.05) is 12.1 Å². The Kier molecular flexibility index (Phi) is 10.2. The van der Waals surface area contributed by atoms with E-state index in [-0.39, 0.29) is 12.0 Å². The fourth-order valence-electron chi connectivity index (χ4n) is 2.12. The van der Waals surface area contributed by atoms with E-state index < -0.39 is 23.9 Å². The summed E-state index contributed by atoms with van der Waals surface area (Å²) in [5, 5.41) is 23.5. The maximum absolute atomic E-state index is 12.1. The molecule has 0 spiro atoms. The molecule has 1 aromatic carbocycles. The van der Waals surface area contributed by atoms with Crippen molar-refractivity contribution in [1.82, 2.24) is 10.6 Å². The Hall–Kier alpha value is -2.99. The average Bonchev–Trinajstić information content (AvgIpc) is 2.68. The highest BCUT2D eigenvalue weighted by Gasteiger charge is 2.21. The number of carboxylic acid groups (broad SMARTS) is 1. The summed E-state index contributed by atoms with van der Waals surface area (Å²) < 4.78 is 4.91. The van der Waals surface area contributed by atoms with Crippen LogP contribution in [0.4, 0.5) is 0 Å². The van der Waals surface area contributed by atoms with Crippen molar-refractivity contribution in [2.24, 2.45) is 0 Å². The van der Waals surface area contributed by atoms with Gasteiger partial charge in [0.1, 0.15) is 17.7 Å². The van der Waals surface area contributed by atoms with E-state index in [9.17, 15) is 14.4 Å². The summed E-state index contributed by atoms with van der Waals surface area (Å²) in [7, 11) is 0. The van der Waals surface area contributed by atoms with Crippen molar-refractivity contribution in [3.8, 4) is 6.07 Å². The third-order valence-corrected chi connectivity index (χ3v) is 4.24. The molecule has 1 amide bonds. The summed E-state index contributed by atoms with van der Waals surface area (Å²) >= 11 is 1.47. The zero-order chi connectivity index (χ0) is 20.9. The van der Waals surface area contributed by atoms with E-state index in [0.29, 0.717) is 24.5 Å². The van der Waals surface area contributed by atoms with Crippen LogP contribution < -0.4 is 10.6 Å². The van der Waals surface area contributed by atoms with E-state index in [0.717, 1.165) is 5.56 Å². The number of ether oxygens (including phenoxy) is 1. The van der Waals surface area contributed by atoms with Gasteiger partial charge in [0.2, 0.25) is 0 Å². The standard InChI is InChI=1S/C19H23N3O5S/c1-3-27-19(26)14-6-4-13(5-7-14)11-21-12-15(10-20)17(23)22-16(18(24)25)8-9-28-2/h4-7,12,16,21H,3,8-9,11H2,1-2H3,(H,22,23)(H,24,25)/b15-12-.